The van der Waals surface area contributed by atoms with E-state index in [1.165, 1.54) is 11.3 Å². The maximum Gasteiger partial charge on any atom is 0.347 e. The Bertz CT molecular complexity index is 607. The van der Waals surface area contributed by atoms with Crippen LogP contribution in [0.4, 0.5) is 0 Å². The summed E-state index contributed by atoms with van der Waals surface area (Å²) in [6.07, 6.45) is 0.633. The van der Waals surface area contributed by atoms with Gasteiger partial charge in [-0.1, -0.05) is 28.9 Å². The van der Waals surface area contributed by atoms with Crippen molar-refractivity contribution >= 4 is 33.2 Å². The summed E-state index contributed by atoms with van der Waals surface area (Å²) < 4.78 is 1.04. The van der Waals surface area contributed by atoms with Gasteiger partial charge in [-0.2, -0.15) is 0 Å². The second kappa shape index (κ2) is 5.20. The van der Waals surface area contributed by atoms with E-state index in [9.17, 15) is 4.79 Å². The predicted octanol–water partition coefficient (Wildman–Crippen LogP) is 4.14. The van der Waals surface area contributed by atoms with Gasteiger partial charge in [0.25, 0.3) is 0 Å². The highest BCUT2D eigenvalue weighted by Crippen LogP contribution is 2.30. The smallest absolute Gasteiger partial charge is 0.347 e. The third-order valence-corrected chi connectivity index (χ3v) is 4.66. The molecule has 2 rings (SSSR count). The molecule has 0 aliphatic carbocycles. The zero-order valence-electron chi connectivity index (χ0n) is 10.0. The second-order valence-electron chi connectivity index (χ2n) is 3.92. The zero-order chi connectivity index (χ0) is 13.3. The van der Waals surface area contributed by atoms with Crippen LogP contribution in [0.1, 0.15) is 27.9 Å². The number of carbonyl (C=O) groups is 1. The van der Waals surface area contributed by atoms with Crippen LogP contribution in [-0.4, -0.2) is 16.1 Å². The largest absolute Gasteiger partial charge is 0.477 e. The lowest BCUT2D eigenvalue weighted by molar-refractivity contribution is 0.0701. The number of aromatic carboxylic acids is 1. The molecule has 2 aromatic rings. The van der Waals surface area contributed by atoms with Crippen molar-refractivity contribution in [1.82, 2.24) is 4.98 Å². The quantitative estimate of drug-likeness (QED) is 0.922. The topological polar surface area (TPSA) is 50.2 Å². The van der Waals surface area contributed by atoms with Gasteiger partial charge in [-0.25, -0.2) is 9.78 Å². The zero-order valence-corrected chi connectivity index (χ0v) is 12.4. The molecule has 18 heavy (non-hydrogen) atoms. The summed E-state index contributed by atoms with van der Waals surface area (Å²) in [6, 6.07) is 5.91. The fourth-order valence-corrected chi connectivity index (χ4v) is 2.90. The number of rotatable bonds is 3. The molecule has 94 valence electrons. The fraction of sp³-hybridized carbons (Fsp3) is 0.231. The molecule has 0 saturated carbocycles. The maximum atomic E-state index is 11.1. The van der Waals surface area contributed by atoms with Gasteiger partial charge in [0.1, 0.15) is 9.88 Å². The van der Waals surface area contributed by atoms with Crippen LogP contribution in [-0.2, 0) is 6.42 Å². The van der Waals surface area contributed by atoms with Crippen molar-refractivity contribution in [3.63, 3.8) is 0 Å². The average molecular weight is 326 g/mol. The van der Waals surface area contributed by atoms with Crippen LogP contribution in [0.25, 0.3) is 10.6 Å². The van der Waals surface area contributed by atoms with Crippen molar-refractivity contribution in [3.05, 3.63) is 38.8 Å². The molecule has 0 fully saturated rings. The van der Waals surface area contributed by atoms with E-state index >= 15 is 0 Å². The minimum atomic E-state index is -0.899. The van der Waals surface area contributed by atoms with E-state index < -0.39 is 5.97 Å². The molecule has 0 atom stereocenters. The number of benzene rings is 1. The standard InChI is InChI=1S/C13H12BrNO2S/c1-3-10-11(13(16)17)18-12(15-10)8-4-5-9(14)7(2)6-8/h4-6H,3H2,1-2H3,(H,16,17). The van der Waals surface area contributed by atoms with Crippen molar-refractivity contribution in [1.29, 1.82) is 0 Å². The normalized spacial score (nSPS) is 10.6. The van der Waals surface area contributed by atoms with Crippen molar-refractivity contribution < 1.29 is 9.90 Å². The SMILES string of the molecule is CCc1nc(-c2ccc(Br)c(C)c2)sc1C(=O)O. The molecule has 5 heteroatoms. The third-order valence-electron chi connectivity index (χ3n) is 2.63. The molecule has 1 aromatic carbocycles. The molecule has 1 heterocycles. The predicted molar refractivity (Wildman–Crippen MR) is 76.3 cm³/mol. The first kappa shape index (κ1) is 13.2. The van der Waals surface area contributed by atoms with Gasteiger partial charge in [-0.15, -0.1) is 11.3 Å². The minimum absolute atomic E-state index is 0.341. The number of aryl methyl sites for hydroxylation is 2. The van der Waals surface area contributed by atoms with Crippen LogP contribution in [0.15, 0.2) is 22.7 Å². The first-order valence-corrected chi connectivity index (χ1v) is 7.13. The Morgan fingerprint density at radius 1 is 1.50 bits per heavy atom. The van der Waals surface area contributed by atoms with E-state index in [1.807, 2.05) is 32.0 Å². The van der Waals surface area contributed by atoms with Gasteiger partial charge in [-0.3, -0.25) is 0 Å². The number of hydrogen-bond acceptors (Lipinski definition) is 3. The number of hydrogen-bond donors (Lipinski definition) is 1. The summed E-state index contributed by atoms with van der Waals surface area (Å²) >= 11 is 4.68. The Hall–Kier alpha value is -1.20. The minimum Gasteiger partial charge on any atom is -0.477 e. The summed E-state index contributed by atoms with van der Waals surface area (Å²) in [5.41, 5.74) is 2.73. The van der Waals surface area contributed by atoms with E-state index in [1.54, 1.807) is 0 Å². The maximum absolute atomic E-state index is 11.1. The number of nitrogens with zero attached hydrogens (tertiary/aromatic N) is 1. The van der Waals surface area contributed by atoms with Crippen LogP contribution in [0, 0.1) is 6.92 Å². The molecule has 1 aromatic heterocycles. The summed E-state index contributed by atoms with van der Waals surface area (Å²) in [7, 11) is 0. The van der Waals surface area contributed by atoms with Crippen LogP contribution < -0.4 is 0 Å². The molecule has 0 unspecified atom stereocenters. The summed E-state index contributed by atoms with van der Waals surface area (Å²) in [4.78, 5) is 15.9. The fourth-order valence-electron chi connectivity index (χ4n) is 1.66. The Labute approximate surface area is 118 Å². The molecule has 0 radical (unpaired) electrons. The third kappa shape index (κ3) is 2.47. The highest BCUT2D eigenvalue weighted by atomic mass is 79.9. The number of thiazole rings is 1. The summed E-state index contributed by atoms with van der Waals surface area (Å²) in [5, 5.41) is 9.88. The van der Waals surface area contributed by atoms with E-state index in [4.69, 9.17) is 5.11 Å². The van der Waals surface area contributed by atoms with Crippen molar-refractivity contribution in [2.45, 2.75) is 20.3 Å². The van der Waals surface area contributed by atoms with Gasteiger partial charge in [0.2, 0.25) is 0 Å². The molecule has 3 nitrogen and oxygen atoms in total. The summed E-state index contributed by atoms with van der Waals surface area (Å²) in [6.45, 7) is 3.91. The van der Waals surface area contributed by atoms with Crippen LogP contribution in [0.3, 0.4) is 0 Å². The van der Waals surface area contributed by atoms with Gasteiger partial charge in [0.05, 0.1) is 5.69 Å². The highest BCUT2D eigenvalue weighted by Gasteiger charge is 2.16. The lowest BCUT2D eigenvalue weighted by atomic mass is 10.1. The number of carboxylic acids is 1. The van der Waals surface area contributed by atoms with E-state index in [-0.39, 0.29) is 0 Å². The molecule has 0 amide bonds. The van der Waals surface area contributed by atoms with Crippen molar-refractivity contribution in [2.24, 2.45) is 0 Å². The molecule has 0 bridgehead atoms. The number of aromatic nitrogens is 1. The number of halogens is 1. The van der Waals surface area contributed by atoms with Crippen LogP contribution in [0.2, 0.25) is 0 Å². The second-order valence-corrected chi connectivity index (χ2v) is 5.77. The van der Waals surface area contributed by atoms with E-state index in [0.29, 0.717) is 17.0 Å². The Balaban J connectivity index is 2.50. The Kier molecular flexibility index (Phi) is 3.82. The van der Waals surface area contributed by atoms with Gasteiger partial charge >= 0.3 is 5.97 Å². The first-order chi connectivity index (χ1) is 8.52. The van der Waals surface area contributed by atoms with Gasteiger partial charge in [0, 0.05) is 10.0 Å². The summed E-state index contributed by atoms with van der Waals surface area (Å²) in [5.74, 6) is -0.899. The van der Waals surface area contributed by atoms with Crippen molar-refractivity contribution in [2.75, 3.05) is 0 Å². The molecule has 0 saturated heterocycles. The van der Waals surface area contributed by atoms with Gasteiger partial charge < -0.3 is 5.11 Å². The Morgan fingerprint density at radius 3 is 2.72 bits per heavy atom. The van der Waals surface area contributed by atoms with E-state index in [0.717, 1.165) is 20.6 Å². The monoisotopic (exact) mass is 325 g/mol. The molecular weight excluding hydrogens is 314 g/mol. The molecular formula is C13H12BrNO2S. The average Bonchev–Trinajstić information content (AvgIpc) is 2.77. The van der Waals surface area contributed by atoms with Crippen molar-refractivity contribution in [3.8, 4) is 10.6 Å². The molecule has 1 N–H and O–H groups in total. The molecule has 0 aliphatic heterocycles. The van der Waals surface area contributed by atoms with Crippen LogP contribution in [0.5, 0.6) is 0 Å². The Morgan fingerprint density at radius 2 is 2.22 bits per heavy atom. The number of carboxylic acid groups (broad SMARTS) is 1. The molecule has 0 spiro atoms. The first-order valence-electron chi connectivity index (χ1n) is 5.52. The van der Waals surface area contributed by atoms with Gasteiger partial charge in [0.15, 0.2) is 0 Å². The molecule has 0 aliphatic rings. The van der Waals surface area contributed by atoms with Gasteiger partial charge in [-0.05, 0) is 31.0 Å². The van der Waals surface area contributed by atoms with Crippen LogP contribution >= 0.6 is 27.3 Å². The lowest BCUT2D eigenvalue weighted by Gasteiger charge is -2.00. The highest BCUT2D eigenvalue weighted by molar-refractivity contribution is 9.10. The van der Waals surface area contributed by atoms with E-state index in [2.05, 4.69) is 20.9 Å². The lowest BCUT2D eigenvalue weighted by Crippen LogP contribution is -1.97.